The van der Waals surface area contributed by atoms with Gasteiger partial charge in [0.1, 0.15) is 23.4 Å². The van der Waals surface area contributed by atoms with Crippen molar-refractivity contribution in [3.63, 3.8) is 0 Å². The Labute approximate surface area is 216 Å². The zero-order chi connectivity index (χ0) is 26.6. The molecule has 0 spiro atoms. The van der Waals surface area contributed by atoms with E-state index in [2.05, 4.69) is 16.0 Å². The Morgan fingerprint density at radius 2 is 1.65 bits per heavy atom. The Balaban J connectivity index is 1.55. The van der Waals surface area contributed by atoms with Crippen LogP contribution in [0.4, 0.5) is 0 Å². The third-order valence-electron chi connectivity index (χ3n) is 7.11. The minimum absolute atomic E-state index is 0.191. The highest BCUT2D eigenvalue weighted by molar-refractivity contribution is 5.98. The second-order valence-electron chi connectivity index (χ2n) is 10.2. The molecule has 0 saturated carbocycles. The van der Waals surface area contributed by atoms with Crippen LogP contribution in [0.3, 0.4) is 0 Å². The van der Waals surface area contributed by atoms with Gasteiger partial charge in [-0.3, -0.25) is 14.4 Å². The van der Waals surface area contributed by atoms with Gasteiger partial charge in [0.25, 0.3) is 0 Å². The Hall–Kier alpha value is -3.27. The highest BCUT2D eigenvalue weighted by Gasteiger charge is 2.50. The molecule has 9 heteroatoms. The van der Waals surface area contributed by atoms with Crippen LogP contribution in [0.2, 0.25) is 0 Å². The highest BCUT2D eigenvalue weighted by Crippen LogP contribution is 2.29. The molecule has 0 aromatic heterocycles. The first-order valence-electron chi connectivity index (χ1n) is 12.5. The van der Waals surface area contributed by atoms with Gasteiger partial charge in [0.2, 0.25) is 11.8 Å². The summed E-state index contributed by atoms with van der Waals surface area (Å²) in [6.07, 6.45) is 0.912. The first kappa shape index (κ1) is 26.8. The largest absolute Gasteiger partial charge is 0.497 e. The summed E-state index contributed by atoms with van der Waals surface area (Å²) in [6, 6.07) is 14.0. The SMILES string of the molecule is COc1ccc(CC(NC(=O)C2NCCC2(C)O)C(=O)NC(Cc2ccccc2)C(=O)C2(C)CO2)cc1. The van der Waals surface area contributed by atoms with Crippen LogP contribution in [0.1, 0.15) is 31.4 Å². The second-order valence-corrected chi connectivity index (χ2v) is 10.2. The number of ether oxygens (including phenoxy) is 2. The third kappa shape index (κ3) is 6.54. The highest BCUT2D eigenvalue weighted by atomic mass is 16.6. The third-order valence-corrected chi connectivity index (χ3v) is 7.11. The van der Waals surface area contributed by atoms with Gasteiger partial charge in [-0.1, -0.05) is 42.5 Å². The molecule has 2 amide bonds. The zero-order valence-corrected chi connectivity index (χ0v) is 21.5. The number of nitrogens with one attached hydrogen (secondary N) is 3. The number of ketones is 1. The van der Waals surface area contributed by atoms with Crippen molar-refractivity contribution >= 4 is 17.6 Å². The van der Waals surface area contributed by atoms with Crippen molar-refractivity contribution in [3.05, 3.63) is 65.7 Å². The summed E-state index contributed by atoms with van der Waals surface area (Å²) in [5.41, 5.74) is -0.453. The van der Waals surface area contributed by atoms with E-state index in [0.29, 0.717) is 31.7 Å². The molecule has 5 atom stereocenters. The molecule has 2 heterocycles. The summed E-state index contributed by atoms with van der Waals surface area (Å²) >= 11 is 0. The first-order chi connectivity index (χ1) is 17.6. The predicted octanol–water partition coefficient (Wildman–Crippen LogP) is 0.921. The van der Waals surface area contributed by atoms with E-state index in [1.165, 1.54) is 0 Å². The monoisotopic (exact) mass is 509 g/mol. The van der Waals surface area contributed by atoms with E-state index in [0.717, 1.165) is 11.1 Å². The van der Waals surface area contributed by atoms with Crippen LogP contribution in [0.25, 0.3) is 0 Å². The molecule has 4 rings (SSSR count). The van der Waals surface area contributed by atoms with Crippen molar-refractivity contribution in [2.45, 2.75) is 62.4 Å². The van der Waals surface area contributed by atoms with Gasteiger partial charge in [0, 0.05) is 6.42 Å². The number of aliphatic hydroxyl groups is 1. The lowest BCUT2D eigenvalue weighted by Crippen LogP contribution is -2.59. The van der Waals surface area contributed by atoms with Crippen molar-refractivity contribution in [2.24, 2.45) is 0 Å². The summed E-state index contributed by atoms with van der Waals surface area (Å²) in [4.78, 5) is 40.0. The van der Waals surface area contributed by atoms with Crippen LogP contribution >= 0.6 is 0 Å². The van der Waals surface area contributed by atoms with E-state index in [-0.39, 0.29) is 12.2 Å². The van der Waals surface area contributed by atoms with Gasteiger partial charge < -0.3 is 30.5 Å². The average molecular weight is 510 g/mol. The van der Waals surface area contributed by atoms with E-state index in [9.17, 15) is 19.5 Å². The molecule has 37 heavy (non-hydrogen) atoms. The molecule has 4 N–H and O–H groups in total. The summed E-state index contributed by atoms with van der Waals surface area (Å²) in [5.74, 6) is -0.495. The molecule has 2 aliphatic rings. The van der Waals surface area contributed by atoms with Crippen molar-refractivity contribution < 1.29 is 29.0 Å². The minimum atomic E-state index is -1.23. The Morgan fingerprint density at radius 3 is 2.22 bits per heavy atom. The summed E-state index contributed by atoms with van der Waals surface area (Å²) < 4.78 is 10.6. The molecule has 198 valence electrons. The number of amides is 2. The molecule has 0 radical (unpaired) electrons. The molecule has 0 aliphatic carbocycles. The lowest BCUT2D eigenvalue weighted by atomic mass is 9.94. The number of rotatable bonds is 11. The quantitative estimate of drug-likeness (QED) is 0.332. The summed E-state index contributed by atoms with van der Waals surface area (Å²) in [5, 5.41) is 19.3. The Morgan fingerprint density at radius 1 is 1.03 bits per heavy atom. The maximum absolute atomic E-state index is 13.6. The normalized spacial score (nSPS) is 26.1. The molecule has 0 bridgehead atoms. The van der Waals surface area contributed by atoms with Crippen molar-refractivity contribution in [3.8, 4) is 5.75 Å². The van der Waals surface area contributed by atoms with Crippen LogP contribution in [0, 0.1) is 0 Å². The van der Waals surface area contributed by atoms with Crippen molar-refractivity contribution in [1.29, 1.82) is 0 Å². The van der Waals surface area contributed by atoms with Gasteiger partial charge in [-0.2, -0.15) is 0 Å². The summed E-state index contributed by atoms with van der Waals surface area (Å²) in [7, 11) is 1.57. The molecule has 2 fully saturated rings. The number of hydrogen-bond acceptors (Lipinski definition) is 7. The van der Waals surface area contributed by atoms with E-state index >= 15 is 0 Å². The van der Waals surface area contributed by atoms with Gasteiger partial charge in [-0.15, -0.1) is 0 Å². The first-order valence-corrected chi connectivity index (χ1v) is 12.5. The van der Waals surface area contributed by atoms with Crippen LogP contribution < -0.4 is 20.7 Å². The molecular weight excluding hydrogens is 474 g/mol. The Kier molecular flexibility index (Phi) is 7.96. The lowest BCUT2D eigenvalue weighted by molar-refractivity contribution is -0.134. The molecule has 2 aromatic carbocycles. The zero-order valence-electron chi connectivity index (χ0n) is 21.5. The predicted molar refractivity (Wildman–Crippen MR) is 137 cm³/mol. The minimum Gasteiger partial charge on any atom is -0.497 e. The van der Waals surface area contributed by atoms with E-state index < -0.39 is 41.1 Å². The number of methoxy groups -OCH3 is 1. The van der Waals surface area contributed by atoms with Crippen LogP contribution in [-0.2, 0) is 32.0 Å². The van der Waals surface area contributed by atoms with Gasteiger partial charge in [-0.05, 0) is 56.5 Å². The topological polar surface area (TPSA) is 129 Å². The van der Waals surface area contributed by atoms with Crippen LogP contribution in [0.15, 0.2) is 54.6 Å². The fourth-order valence-electron chi connectivity index (χ4n) is 4.62. The smallest absolute Gasteiger partial charge is 0.243 e. The van der Waals surface area contributed by atoms with E-state index in [1.807, 2.05) is 42.5 Å². The second kappa shape index (κ2) is 11.0. The van der Waals surface area contributed by atoms with E-state index in [1.54, 1.807) is 33.1 Å². The van der Waals surface area contributed by atoms with Gasteiger partial charge in [0.15, 0.2) is 5.78 Å². The van der Waals surface area contributed by atoms with Crippen LogP contribution in [-0.4, -0.2) is 72.3 Å². The maximum atomic E-state index is 13.6. The number of Topliss-reactive ketones (excluding diaryl/α,β-unsaturated/α-hetero) is 1. The van der Waals surface area contributed by atoms with Crippen molar-refractivity contribution in [1.82, 2.24) is 16.0 Å². The van der Waals surface area contributed by atoms with Crippen molar-refractivity contribution in [2.75, 3.05) is 20.3 Å². The fraction of sp³-hybridized carbons (Fsp3) is 0.464. The fourth-order valence-corrected chi connectivity index (χ4v) is 4.62. The molecular formula is C28H35N3O6. The van der Waals surface area contributed by atoms with Crippen LogP contribution in [0.5, 0.6) is 5.75 Å². The van der Waals surface area contributed by atoms with Gasteiger partial charge in [-0.25, -0.2) is 0 Å². The lowest BCUT2D eigenvalue weighted by Gasteiger charge is -2.28. The number of epoxide rings is 1. The van der Waals surface area contributed by atoms with Gasteiger partial charge in [0.05, 0.1) is 25.4 Å². The maximum Gasteiger partial charge on any atom is 0.243 e. The number of hydrogen-bond donors (Lipinski definition) is 4. The van der Waals surface area contributed by atoms with Gasteiger partial charge >= 0.3 is 0 Å². The molecule has 5 unspecified atom stereocenters. The molecule has 2 aliphatic heterocycles. The average Bonchev–Trinajstić information content (AvgIpc) is 3.54. The number of benzene rings is 2. The summed E-state index contributed by atoms with van der Waals surface area (Å²) in [6.45, 7) is 4.11. The molecule has 9 nitrogen and oxygen atoms in total. The number of carbonyl (C=O) groups excluding carboxylic acids is 3. The molecule has 2 aromatic rings. The Bertz CT molecular complexity index is 1110. The number of carbonyl (C=O) groups is 3. The standard InChI is InChI=1S/C28H35N3O6/c1-27(35)13-14-29-23(27)26(34)31-22(16-19-9-11-20(36-3)12-10-19)25(33)30-21(24(32)28(2)17-37-28)15-18-7-5-4-6-8-18/h4-12,21-23,29,35H,13-17H2,1-3H3,(H,30,33)(H,31,34). The van der Waals surface area contributed by atoms with E-state index in [4.69, 9.17) is 9.47 Å². The molecule has 2 saturated heterocycles.